The Kier molecular flexibility index (Phi) is 4.56. The van der Waals surface area contributed by atoms with Crippen LogP contribution >= 0.6 is 0 Å². The molecule has 3 heteroatoms. The summed E-state index contributed by atoms with van der Waals surface area (Å²) in [4.78, 5) is 24.4. The van der Waals surface area contributed by atoms with Crippen LogP contribution in [0.15, 0.2) is 11.6 Å². The van der Waals surface area contributed by atoms with Crippen molar-refractivity contribution in [2.75, 3.05) is 0 Å². The van der Waals surface area contributed by atoms with Crippen molar-refractivity contribution in [2.45, 2.75) is 84.7 Å². The van der Waals surface area contributed by atoms with Crippen molar-refractivity contribution < 1.29 is 14.3 Å². The van der Waals surface area contributed by atoms with E-state index in [9.17, 15) is 9.59 Å². The maximum Gasteiger partial charge on any atom is 0.305 e. The molecule has 7 atom stereocenters. The van der Waals surface area contributed by atoms with Gasteiger partial charge in [0.2, 0.25) is 0 Å². The highest BCUT2D eigenvalue weighted by Crippen LogP contribution is 2.66. The van der Waals surface area contributed by atoms with E-state index in [0.29, 0.717) is 30.1 Å². The van der Waals surface area contributed by atoms with E-state index in [2.05, 4.69) is 19.9 Å². The molecule has 0 amide bonds. The van der Waals surface area contributed by atoms with Crippen LogP contribution in [-0.2, 0) is 14.3 Å². The van der Waals surface area contributed by atoms with E-state index in [0.717, 1.165) is 44.9 Å². The van der Waals surface area contributed by atoms with Gasteiger partial charge in [0.05, 0.1) is 5.41 Å². The fourth-order valence-corrected chi connectivity index (χ4v) is 7.43. The third-order valence-electron chi connectivity index (χ3n) is 8.83. The van der Waals surface area contributed by atoms with Crippen LogP contribution in [0, 0.1) is 34.5 Å². The number of rotatable bonds is 3. The molecule has 0 aromatic carbocycles. The van der Waals surface area contributed by atoms with E-state index in [1.54, 1.807) is 0 Å². The third-order valence-corrected chi connectivity index (χ3v) is 8.83. The molecule has 26 heavy (non-hydrogen) atoms. The van der Waals surface area contributed by atoms with Crippen molar-refractivity contribution in [3.05, 3.63) is 11.6 Å². The first-order valence-corrected chi connectivity index (χ1v) is 10.8. The first kappa shape index (κ1) is 18.3. The Balaban J connectivity index is 1.64. The summed E-state index contributed by atoms with van der Waals surface area (Å²) in [5, 5.41) is 0. The zero-order valence-corrected chi connectivity index (χ0v) is 16.6. The van der Waals surface area contributed by atoms with Gasteiger partial charge in [0.15, 0.2) is 0 Å². The molecule has 0 saturated heterocycles. The van der Waals surface area contributed by atoms with Crippen molar-refractivity contribution in [1.82, 2.24) is 0 Å². The lowest BCUT2D eigenvalue weighted by Crippen LogP contribution is -2.55. The van der Waals surface area contributed by atoms with E-state index in [-0.39, 0.29) is 22.9 Å². The van der Waals surface area contributed by atoms with Crippen LogP contribution in [0.2, 0.25) is 0 Å². The summed E-state index contributed by atoms with van der Waals surface area (Å²) in [6.07, 6.45) is 13.2. The molecule has 2 unspecified atom stereocenters. The van der Waals surface area contributed by atoms with Gasteiger partial charge >= 0.3 is 5.97 Å². The second-order valence-corrected chi connectivity index (χ2v) is 9.63. The lowest BCUT2D eigenvalue weighted by Gasteiger charge is -2.58. The van der Waals surface area contributed by atoms with Gasteiger partial charge < -0.3 is 9.53 Å². The zero-order valence-electron chi connectivity index (χ0n) is 16.6. The minimum Gasteiger partial charge on any atom is -0.462 e. The van der Waals surface area contributed by atoms with Crippen LogP contribution in [-0.4, -0.2) is 18.4 Å². The van der Waals surface area contributed by atoms with Gasteiger partial charge in [-0.15, -0.1) is 0 Å². The van der Waals surface area contributed by atoms with E-state index in [1.807, 2.05) is 6.92 Å². The summed E-state index contributed by atoms with van der Waals surface area (Å²) in [5.41, 5.74) is 1.35. The highest BCUT2D eigenvalue weighted by Gasteiger charge is 2.62. The monoisotopic (exact) mass is 358 g/mol. The van der Waals surface area contributed by atoms with E-state index < -0.39 is 0 Å². The van der Waals surface area contributed by atoms with Crippen LogP contribution < -0.4 is 0 Å². The number of carbonyl (C=O) groups excluding carboxylic acids is 2. The van der Waals surface area contributed by atoms with Gasteiger partial charge in [-0.05, 0) is 75.0 Å². The average Bonchev–Trinajstić information content (AvgIpc) is 2.98. The van der Waals surface area contributed by atoms with Crippen LogP contribution in [0.3, 0.4) is 0 Å². The van der Waals surface area contributed by atoms with Crippen molar-refractivity contribution in [3.63, 3.8) is 0 Å². The number of aldehydes is 1. The normalized spacial score (nSPS) is 47.2. The van der Waals surface area contributed by atoms with E-state index in [1.165, 1.54) is 18.3 Å². The second-order valence-electron chi connectivity index (χ2n) is 9.63. The minimum atomic E-state index is -0.208. The van der Waals surface area contributed by atoms with Crippen LogP contribution in [0.25, 0.3) is 0 Å². The molecule has 3 saturated carbocycles. The molecule has 4 aliphatic carbocycles. The molecule has 0 spiro atoms. The van der Waals surface area contributed by atoms with Crippen molar-refractivity contribution in [3.8, 4) is 0 Å². The Morgan fingerprint density at radius 3 is 2.77 bits per heavy atom. The predicted molar refractivity (Wildman–Crippen MR) is 101 cm³/mol. The Bertz CT molecular complexity index is 623. The van der Waals surface area contributed by atoms with Crippen molar-refractivity contribution in [1.29, 1.82) is 0 Å². The largest absolute Gasteiger partial charge is 0.462 e. The molecule has 0 aliphatic heterocycles. The number of fused-ring (bicyclic) bond motifs is 5. The van der Waals surface area contributed by atoms with Gasteiger partial charge in [-0.25, -0.2) is 0 Å². The van der Waals surface area contributed by atoms with Gasteiger partial charge in [0, 0.05) is 11.8 Å². The van der Waals surface area contributed by atoms with Crippen LogP contribution in [0.4, 0.5) is 0 Å². The Morgan fingerprint density at radius 2 is 2.04 bits per heavy atom. The van der Waals surface area contributed by atoms with E-state index >= 15 is 0 Å². The van der Waals surface area contributed by atoms with Crippen molar-refractivity contribution in [2.24, 2.45) is 34.5 Å². The number of hydrogen-bond acceptors (Lipinski definition) is 3. The molecule has 0 heterocycles. The smallest absolute Gasteiger partial charge is 0.305 e. The van der Waals surface area contributed by atoms with E-state index in [4.69, 9.17) is 4.74 Å². The van der Waals surface area contributed by atoms with Gasteiger partial charge in [-0.2, -0.15) is 0 Å². The zero-order chi connectivity index (χ0) is 18.5. The van der Waals surface area contributed by atoms with Crippen LogP contribution in [0.1, 0.15) is 78.6 Å². The second kappa shape index (κ2) is 6.49. The highest BCUT2D eigenvalue weighted by atomic mass is 16.5. The third kappa shape index (κ3) is 2.38. The summed E-state index contributed by atoms with van der Waals surface area (Å²) in [6.45, 7) is 6.54. The average molecular weight is 359 g/mol. The van der Waals surface area contributed by atoms with Crippen molar-refractivity contribution >= 4 is 12.3 Å². The summed E-state index contributed by atoms with van der Waals surface area (Å²) < 4.78 is 5.87. The maximum atomic E-state index is 12.5. The number of carbonyl (C=O) groups is 2. The minimum absolute atomic E-state index is 0.0573. The van der Waals surface area contributed by atoms with Gasteiger partial charge in [0.1, 0.15) is 12.4 Å². The molecule has 0 N–H and O–H groups in total. The Hall–Kier alpha value is -1.12. The number of allylic oxidation sites excluding steroid dienone is 2. The van der Waals surface area contributed by atoms with Crippen LogP contribution in [0.5, 0.6) is 0 Å². The first-order valence-electron chi connectivity index (χ1n) is 10.8. The molecule has 3 nitrogen and oxygen atoms in total. The summed E-state index contributed by atoms with van der Waals surface area (Å²) in [6, 6.07) is 0. The molecule has 3 fully saturated rings. The number of hydrogen-bond donors (Lipinski definition) is 0. The molecule has 144 valence electrons. The lowest BCUT2D eigenvalue weighted by molar-refractivity contribution is -0.160. The standard InChI is InChI=1S/C23H34O3/c1-4-21(25)26-20-11-10-18-17-9-8-16-7-5-6-15(2)23(16,14-24)19(17)12-13-22(18,20)3/h7,14-15,17-20H,4-6,8-13H2,1-3H3/t15?,17-,18-,19+,20?,22-,23-/m0/s1. The van der Waals surface area contributed by atoms with Gasteiger partial charge in [-0.3, -0.25) is 4.79 Å². The Labute approximate surface area is 157 Å². The summed E-state index contributed by atoms with van der Waals surface area (Å²) in [5.74, 6) is 2.12. The fraction of sp³-hybridized carbons (Fsp3) is 0.826. The molecule has 0 aromatic rings. The molecule has 0 aromatic heterocycles. The quantitative estimate of drug-likeness (QED) is 0.401. The molecule has 4 aliphatic rings. The maximum absolute atomic E-state index is 12.5. The summed E-state index contributed by atoms with van der Waals surface area (Å²) in [7, 11) is 0. The van der Waals surface area contributed by atoms with Gasteiger partial charge in [0.25, 0.3) is 0 Å². The SMILES string of the molecule is CCC(=O)OC1CC[C@H]2[C@@H]3CCC4=CCCC(C)[C@]4(C=O)[C@@H]3CC[C@]12C. The molecular weight excluding hydrogens is 324 g/mol. The number of ether oxygens (including phenoxy) is 1. The predicted octanol–water partition coefficient (Wildman–Crippen LogP) is 5.09. The Morgan fingerprint density at radius 1 is 1.23 bits per heavy atom. The lowest BCUT2D eigenvalue weighted by atomic mass is 9.45. The van der Waals surface area contributed by atoms with Gasteiger partial charge in [-0.1, -0.05) is 32.4 Å². The molecular formula is C23H34O3. The first-order chi connectivity index (χ1) is 12.5. The highest BCUT2D eigenvalue weighted by molar-refractivity contribution is 5.69. The topological polar surface area (TPSA) is 43.4 Å². The molecule has 4 rings (SSSR count). The fourth-order valence-electron chi connectivity index (χ4n) is 7.43. The molecule has 0 radical (unpaired) electrons. The molecule has 0 bridgehead atoms. The summed E-state index contributed by atoms with van der Waals surface area (Å²) >= 11 is 0. The number of esters is 1.